The topological polar surface area (TPSA) is 65.4 Å². The van der Waals surface area contributed by atoms with Crippen LogP contribution in [-0.2, 0) is 6.61 Å². The van der Waals surface area contributed by atoms with E-state index in [9.17, 15) is 0 Å². The molecule has 0 bridgehead atoms. The van der Waals surface area contributed by atoms with Crippen LogP contribution in [0.5, 0.6) is 5.75 Å². The van der Waals surface area contributed by atoms with Gasteiger partial charge in [-0.1, -0.05) is 15.9 Å². The molecule has 5 nitrogen and oxygen atoms in total. The number of aromatic nitrogens is 3. The zero-order valence-corrected chi connectivity index (χ0v) is 11.5. The number of hydrogen-bond donors (Lipinski definition) is 1. The van der Waals surface area contributed by atoms with E-state index in [1.54, 1.807) is 22.8 Å². The third kappa shape index (κ3) is 2.68. The van der Waals surface area contributed by atoms with E-state index in [1.165, 1.54) is 0 Å². The Kier molecular flexibility index (Phi) is 3.08. The van der Waals surface area contributed by atoms with E-state index in [0.29, 0.717) is 18.1 Å². The molecule has 0 aliphatic rings. The largest absolute Gasteiger partial charge is 0.486 e. The van der Waals surface area contributed by atoms with Gasteiger partial charge in [0, 0.05) is 22.4 Å². The molecule has 2 N–H and O–H groups in total. The summed E-state index contributed by atoms with van der Waals surface area (Å²) in [6.07, 6.45) is 1.78. The van der Waals surface area contributed by atoms with Crippen molar-refractivity contribution in [3.8, 4) is 5.75 Å². The maximum absolute atomic E-state index is 5.70. The molecule has 0 unspecified atom stereocenters. The summed E-state index contributed by atoms with van der Waals surface area (Å²) < 4.78 is 8.31. The van der Waals surface area contributed by atoms with Gasteiger partial charge < -0.3 is 10.5 Å². The average molecular weight is 319 g/mol. The molecule has 96 valence electrons. The van der Waals surface area contributed by atoms with Crippen LogP contribution >= 0.6 is 15.9 Å². The van der Waals surface area contributed by atoms with Gasteiger partial charge in [0.15, 0.2) is 11.5 Å². The lowest BCUT2D eigenvalue weighted by atomic mass is 10.3. The molecule has 0 fully saturated rings. The minimum atomic E-state index is 0.323. The van der Waals surface area contributed by atoms with Crippen molar-refractivity contribution in [2.24, 2.45) is 0 Å². The second-order valence-electron chi connectivity index (χ2n) is 4.03. The van der Waals surface area contributed by atoms with Crippen molar-refractivity contribution in [2.45, 2.75) is 6.61 Å². The van der Waals surface area contributed by atoms with E-state index in [2.05, 4.69) is 26.0 Å². The van der Waals surface area contributed by atoms with Crippen molar-refractivity contribution >= 4 is 27.3 Å². The Morgan fingerprint density at radius 3 is 2.79 bits per heavy atom. The van der Waals surface area contributed by atoms with Gasteiger partial charge >= 0.3 is 0 Å². The van der Waals surface area contributed by atoms with E-state index < -0.39 is 0 Å². The smallest absolute Gasteiger partial charge is 0.189 e. The molecule has 1 aromatic carbocycles. The minimum Gasteiger partial charge on any atom is -0.486 e. The van der Waals surface area contributed by atoms with Gasteiger partial charge in [-0.2, -0.15) is 0 Å². The Morgan fingerprint density at radius 1 is 1.21 bits per heavy atom. The minimum absolute atomic E-state index is 0.323. The highest BCUT2D eigenvalue weighted by atomic mass is 79.9. The summed E-state index contributed by atoms with van der Waals surface area (Å²) in [5.74, 6) is 1.40. The van der Waals surface area contributed by atoms with Crippen LogP contribution in [0.4, 0.5) is 5.69 Å². The molecular formula is C13H11BrN4O. The van der Waals surface area contributed by atoms with E-state index in [-0.39, 0.29) is 0 Å². The van der Waals surface area contributed by atoms with Gasteiger partial charge in [0.25, 0.3) is 0 Å². The fourth-order valence-corrected chi connectivity index (χ4v) is 1.95. The van der Waals surface area contributed by atoms with Crippen LogP contribution in [0.1, 0.15) is 5.82 Å². The molecule has 0 amide bonds. The quantitative estimate of drug-likeness (QED) is 0.806. The number of nitrogens with two attached hydrogens (primary N) is 1. The summed E-state index contributed by atoms with van der Waals surface area (Å²) in [5, 5.41) is 4.30. The number of fused-ring (bicyclic) bond motifs is 1. The molecule has 0 radical (unpaired) electrons. The summed E-state index contributed by atoms with van der Waals surface area (Å²) in [6.45, 7) is 0.323. The number of pyridine rings is 1. The van der Waals surface area contributed by atoms with E-state index in [4.69, 9.17) is 10.5 Å². The van der Waals surface area contributed by atoms with Gasteiger partial charge in [0.1, 0.15) is 12.4 Å². The monoisotopic (exact) mass is 318 g/mol. The van der Waals surface area contributed by atoms with E-state index in [0.717, 1.165) is 15.9 Å². The second kappa shape index (κ2) is 4.89. The van der Waals surface area contributed by atoms with Crippen molar-refractivity contribution in [3.63, 3.8) is 0 Å². The first-order valence-electron chi connectivity index (χ1n) is 5.70. The molecule has 3 rings (SSSR count). The third-order valence-corrected chi connectivity index (χ3v) is 3.12. The van der Waals surface area contributed by atoms with Crippen LogP contribution in [0, 0.1) is 0 Å². The number of benzene rings is 1. The molecule has 0 saturated carbocycles. The van der Waals surface area contributed by atoms with Crippen molar-refractivity contribution in [1.82, 2.24) is 14.6 Å². The Morgan fingerprint density at radius 2 is 2.00 bits per heavy atom. The summed E-state index contributed by atoms with van der Waals surface area (Å²) in [5.41, 5.74) is 7.08. The van der Waals surface area contributed by atoms with Gasteiger partial charge in [0.2, 0.25) is 0 Å². The zero-order chi connectivity index (χ0) is 13.2. The summed E-state index contributed by atoms with van der Waals surface area (Å²) in [4.78, 5) is 4.34. The Hall–Kier alpha value is -2.08. The SMILES string of the molecule is Nc1ccn2nc(COc3ccc(Br)cc3)nc2c1. The summed E-state index contributed by atoms with van der Waals surface area (Å²) >= 11 is 3.38. The van der Waals surface area contributed by atoms with Crippen LogP contribution in [-0.4, -0.2) is 14.6 Å². The molecule has 6 heteroatoms. The van der Waals surface area contributed by atoms with Crippen molar-refractivity contribution in [3.05, 3.63) is 52.9 Å². The second-order valence-corrected chi connectivity index (χ2v) is 4.95. The molecule has 2 aromatic heterocycles. The number of halogens is 1. The Labute approximate surface area is 118 Å². The van der Waals surface area contributed by atoms with Crippen LogP contribution in [0.2, 0.25) is 0 Å². The van der Waals surface area contributed by atoms with Gasteiger partial charge in [0.05, 0.1) is 0 Å². The highest BCUT2D eigenvalue weighted by Crippen LogP contribution is 2.17. The first-order valence-corrected chi connectivity index (χ1v) is 6.49. The number of nitrogen functional groups attached to an aromatic ring is 1. The number of anilines is 1. The molecule has 3 aromatic rings. The predicted molar refractivity (Wildman–Crippen MR) is 75.9 cm³/mol. The van der Waals surface area contributed by atoms with Gasteiger partial charge in [-0.3, -0.25) is 0 Å². The van der Waals surface area contributed by atoms with Crippen molar-refractivity contribution in [2.75, 3.05) is 5.73 Å². The molecule has 0 saturated heterocycles. The number of hydrogen-bond acceptors (Lipinski definition) is 4. The number of rotatable bonds is 3. The number of nitrogens with zero attached hydrogens (tertiary/aromatic N) is 3. The van der Waals surface area contributed by atoms with Crippen molar-refractivity contribution < 1.29 is 4.74 Å². The van der Waals surface area contributed by atoms with Crippen LogP contribution in [0.25, 0.3) is 5.65 Å². The van der Waals surface area contributed by atoms with Crippen LogP contribution < -0.4 is 10.5 Å². The molecule has 0 aliphatic carbocycles. The van der Waals surface area contributed by atoms with Crippen LogP contribution in [0.3, 0.4) is 0 Å². The molecule has 0 atom stereocenters. The maximum Gasteiger partial charge on any atom is 0.189 e. The Bertz CT molecular complexity index is 708. The maximum atomic E-state index is 5.70. The fraction of sp³-hybridized carbons (Fsp3) is 0.0769. The standard InChI is InChI=1S/C13H11BrN4O/c14-9-1-3-11(4-2-9)19-8-12-16-13-7-10(15)5-6-18(13)17-12/h1-7H,8,15H2. The normalized spacial score (nSPS) is 10.8. The first-order chi connectivity index (χ1) is 9.20. The highest BCUT2D eigenvalue weighted by molar-refractivity contribution is 9.10. The average Bonchev–Trinajstić information content (AvgIpc) is 2.80. The first kappa shape index (κ1) is 12.0. The summed E-state index contributed by atoms with van der Waals surface area (Å²) in [6, 6.07) is 11.2. The van der Waals surface area contributed by atoms with Gasteiger partial charge in [-0.25, -0.2) is 9.50 Å². The summed E-state index contributed by atoms with van der Waals surface area (Å²) in [7, 11) is 0. The lowest BCUT2D eigenvalue weighted by Gasteiger charge is -2.02. The molecule has 0 spiro atoms. The fourth-order valence-electron chi connectivity index (χ4n) is 1.68. The lowest BCUT2D eigenvalue weighted by Crippen LogP contribution is -1.97. The molecular weight excluding hydrogens is 308 g/mol. The van der Waals surface area contributed by atoms with E-state index >= 15 is 0 Å². The van der Waals surface area contributed by atoms with E-state index in [1.807, 2.05) is 24.3 Å². The molecule has 2 heterocycles. The molecule has 0 aliphatic heterocycles. The highest BCUT2D eigenvalue weighted by Gasteiger charge is 2.04. The Balaban J connectivity index is 1.76. The number of ether oxygens (including phenoxy) is 1. The van der Waals surface area contributed by atoms with Gasteiger partial charge in [-0.05, 0) is 30.3 Å². The predicted octanol–water partition coefficient (Wildman–Crippen LogP) is 2.65. The molecule has 19 heavy (non-hydrogen) atoms. The van der Waals surface area contributed by atoms with Gasteiger partial charge in [-0.15, -0.1) is 5.10 Å². The van der Waals surface area contributed by atoms with Crippen LogP contribution in [0.15, 0.2) is 47.1 Å². The van der Waals surface area contributed by atoms with Crippen molar-refractivity contribution in [1.29, 1.82) is 0 Å². The lowest BCUT2D eigenvalue weighted by molar-refractivity contribution is 0.296. The zero-order valence-electron chi connectivity index (χ0n) is 9.95. The third-order valence-electron chi connectivity index (χ3n) is 2.59.